The predicted molar refractivity (Wildman–Crippen MR) is 118 cm³/mol. The van der Waals surface area contributed by atoms with Crippen LogP contribution in [0.5, 0.6) is 5.75 Å². The Hall–Kier alpha value is -3.91. The molecule has 1 amide bonds. The molecule has 182 valence electrons. The average Bonchev–Trinajstić information content (AvgIpc) is 3.32. The molecular formula is C24H22F3N5O3. The van der Waals surface area contributed by atoms with Gasteiger partial charge in [0.15, 0.2) is 6.10 Å². The fourth-order valence-corrected chi connectivity index (χ4v) is 3.75. The van der Waals surface area contributed by atoms with Crippen LogP contribution in [0.1, 0.15) is 23.9 Å². The van der Waals surface area contributed by atoms with Crippen LogP contribution in [-0.4, -0.2) is 58.1 Å². The van der Waals surface area contributed by atoms with Crippen molar-refractivity contribution in [1.82, 2.24) is 19.9 Å². The van der Waals surface area contributed by atoms with Gasteiger partial charge in [0.05, 0.1) is 17.7 Å². The highest BCUT2D eigenvalue weighted by Gasteiger charge is 2.31. The predicted octanol–water partition coefficient (Wildman–Crippen LogP) is 3.74. The smallest absolute Gasteiger partial charge is 0.416 e. The van der Waals surface area contributed by atoms with Gasteiger partial charge in [-0.05, 0) is 31.2 Å². The summed E-state index contributed by atoms with van der Waals surface area (Å²) in [4.78, 5) is 20.7. The van der Waals surface area contributed by atoms with E-state index >= 15 is 0 Å². The second-order valence-electron chi connectivity index (χ2n) is 8.06. The first-order chi connectivity index (χ1) is 16.7. The average molecular weight is 485 g/mol. The number of piperazine rings is 1. The molecule has 3 aromatic rings. The summed E-state index contributed by atoms with van der Waals surface area (Å²) in [5, 5.41) is 13.0. The van der Waals surface area contributed by atoms with Crippen LogP contribution in [-0.2, 0) is 17.5 Å². The van der Waals surface area contributed by atoms with Crippen LogP contribution < -0.4 is 4.74 Å². The highest BCUT2D eigenvalue weighted by Crippen LogP contribution is 2.31. The van der Waals surface area contributed by atoms with Gasteiger partial charge in [-0.25, -0.2) is 0 Å². The fourth-order valence-electron chi connectivity index (χ4n) is 3.75. The molecule has 1 aliphatic rings. The third kappa shape index (κ3) is 5.78. The van der Waals surface area contributed by atoms with Crippen LogP contribution in [0.3, 0.4) is 0 Å². The van der Waals surface area contributed by atoms with E-state index in [9.17, 15) is 23.2 Å². The monoisotopic (exact) mass is 485 g/mol. The van der Waals surface area contributed by atoms with Gasteiger partial charge in [0.1, 0.15) is 11.8 Å². The Kier molecular flexibility index (Phi) is 7.02. The van der Waals surface area contributed by atoms with Gasteiger partial charge < -0.3 is 14.2 Å². The number of halogens is 3. The Labute approximate surface area is 199 Å². The zero-order chi connectivity index (χ0) is 25.0. The standard InChI is InChI=1S/C24H22F3N5O3/c1-16(34-20-8-3-2-5-18(20)14-28)23(33)32-11-9-31(10-12-32)15-21-29-22(30-35-21)17-6-4-7-19(13-17)24(25,26)27/h2-8,13,16H,9-12,15H2,1H3. The van der Waals surface area contributed by atoms with E-state index in [2.05, 4.69) is 10.1 Å². The second-order valence-corrected chi connectivity index (χ2v) is 8.06. The first-order valence-corrected chi connectivity index (χ1v) is 10.9. The molecule has 4 rings (SSSR count). The van der Waals surface area contributed by atoms with Crippen molar-refractivity contribution in [1.29, 1.82) is 5.26 Å². The van der Waals surface area contributed by atoms with Crippen molar-refractivity contribution < 1.29 is 27.2 Å². The zero-order valence-electron chi connectivity index (χ0n) is 18.8. The largest absolute Gasteiger partial charge is 0.480 e. The summed E-state index contributed by atoms with van der Waals surface area (Å²) in [6.45, 7) is 3.98. The van der Waals surface area contributed by atoms with E-state index < -0.39 is 17.8 Å². The van der Waals surface area contributed by atoms with Gasteiger partial charge in [0.25, 0.3) is 5.91 Å². The Morgan fingerprint density at radius 2 is 1.91 bits per heavy atom. The minimum atomic E-state index is -4.46. The van der Waals surface area contributed by atoms with Crippen molar-refractivity contribution in [3.8, 4) is 23.2 Å². The number of rotatable bonds is 6. The maximum Gasteiger partial charge on any atom is 0.416 e. The third-order valence-electron chi connectivity index (χ3n) is 5.62. The number of nitrogens with zero attached hydrogens (tertiary/aromatic N) is 5. The molecule has 1 atom stereocenters. The first-order valence-electron chi connectivity index (χ1n) is 10.9. The van der Waals surface area contributed by atoms with Crippen molar-refractivity contribution in [2.45, 2.75) is 25.7 Å². The van der Waals surface area contributed by atoms with E-state index in [1.165, 1.54) is 12.1 Å². The molecule has 2 heterocycles. The number of benzene rings is 2. The fraction of sp³-hybridized carbons (Fsp3) is 0.333. The molecule has 0 radical (unpaired) electrons. The quantitative estimate of drug-likeness (QED) is 0.525. The molecule has 35 heavy (non-hydrogen) atoms. The van der Waals surface area contributed by atoms with Crippen LogP contribution in [0.25, 0.3) is 11.4 Å². The summed E-state index contributed by atoms with van der Waals surface area (Å²) in [5.74, 6) is 0.551. The summed E-state index contributed by atoms with van der Waals surface area (Å²) in [7, 11) is 0. The number of hydrogen-bond acceptors (Lipinski definition) is 7. The molecule has 0 aliphatic carbocycles. The van der Waals surface area contributed by atoms with Crippen molar-refractivity contribution in [3.05, 3.63) is 65.5 Å². The summed E-state index contributed by atoms with van der Waals surface area (Å²) in [6.07, 6.45) is -5.21. The van der Waals surface area contributed by atoms with Crippen molar-refractivity contribution in [3.63, 3.8) is 0 Å². The number of carbonyl (C=O) groups excluding carboxylic acids is 1. The molecule has 1 fully saturated rings. The van der Waals surface area contributed by atoms with Crippen LogP contribution in [0.15, 0.2) is 53.1 Å². The SMILES string of the molecule is CC(Oc1ccccc1C#N)C(=O)N1CCN(Cc2nc(-c3cccc(C(F)(F)F)c3)no2)CC1. The van der Waals surface area contributed by atoms with Gasteiger partial charge in [-0.2, -0.15) is 23.4 Å². The molecule has 1 unspecified atom stereocenters. The highest BCUT2D eigenvalue weighted by atomic mass is 19.4. The van der Waals surface area contributed by atoms with Crippen LogP contribution >= 0.6 is 0 Å². The summed E-state index contributed by atoms with van der Waals surface area (Å²) in [6, 6.07) is 13.5. The summed E-state index contributed by atoms with van der Waals surface area (Å²) < 4.78 is 49.8. The van der Waals surface area contributed by atoms with Gasteiger partial charge in [0.2, 0.25) is 11.7 Å². The lowest BCUT2D eigenvalue weighted by Crippen LogP contribution is -2.51. The van der Waals surface area contributed by atoms with E-state index in [-0.39, 0.29) is 23.2 Å². The Bertz CT molecular complexity index is 1230. The number of para-hydroxylation sites is 1. The molecular weight excluding hydrogens is 463 g/mol. The van der Waals surface area contributed by atoms with E-state index in [1.54, 1.807) is 36.1 Å². The molecule has 2 aromatic carbocycles. The van der Waals surface area contributed by atoms with Crippen molar-refractivity contribution in [2.24, 2.45) is 0 Å². The molecule has 0 saturated carbocycles. The molecule has 0 N–H and O–H groups in total. The van der Waals surface area contributed by atoms with E-state index in [0.717, 1.165) is 12.1 Å². The zero-order valence-corrected chi connectivity index (χ0v) is 18.8. The van der Waals surface area contributed by atoms with Crippen LogP contribution in [0.4, 0.5) is 13.2 Å². The molecule has 0 bridgehead atoms. The van der Waals surface area contributed by atoms with E-state index in [0.29, 0.717) is 44.0 Å². The molecule has 8 nitrogen and oxygen atoms in total. The minimum Gasteiger partial charge on any atom is -0.480 e. The number of amides is 1. The molecule has 11 heteroatoms. The maximum absolute atomic E-state index is 13.0. The first kappa shape index (κ1) is 24.2. The lowest BCUT2D eigenvalue weighted by Gasteiger charge is -2.35. The van der Waals surface area contributed by atoms with Gasteiger partial charge in [-0.15, -0.1) is 0 Å². The number of hydrogen-bond donors (Lipinski definition) is 0. The van der Waals surface area contributed by atoms with Crippen molar-refractivity contribution >= 4 is 5.91 Å². The Morgan fingerprint density at radius 3 is 2.63 bits per heavy atom. The number of carbonyl (C=O) groups is 1. The molecule has 0 spiro atoms. The minimum absolute atomic E-state index is 0.0866. The van der Waals surface area contributed by atoms with E-state index in [4.69, 9.17) is 9.26 Å². The Balaban J connectivity index is 1.31. The Morgan fingerprint density at radius 1 is 1.17 bits per heavy atom. The topological polar surface area (TPSA) is 95.5 Å². The molecule has 1 aliphatic heterocycles. The van der Waals surface area contributed by atoms with Gasteiger partial charge >= 0.3 is 6.18 Å². The van der Waals surface area contributed by atoms with Crippen LogP contribution in [0.2, 0.25) is 0 Å². The second kappa shape index (κ2) is 10.1. The maximum atomic E-state index is 13.0. The lowest BCUT2D eigenvalue weighted by atomic mass is 10.1. The van der Waals surface area contributed by atoms with Gasteiger partial charge in [-0.1, -0.05) is 29.4 Å². The van der Waals surface area contributed by atoms with Crippen LogP contribution in [0, 0.1) is 11.3 Å². The number of nitriles is 1. The highest BCUT2D eigenvalue weighted by molar-refractivity contribution is 5.81. The van der Waals surface area contributed by atoms with Gasteiger partial charge in [0, 0.05) is 31.7 Å². The third-order valence-corrected chi connectivity index (χ3v) is 5.62. The van der Waals surface area contributed by atoms with E-state index in [1.807, 2.05) is 11.0 Å². The van der Waals surface area contributed by atoms with Crippen molar-refractivity contribution in [2.75, 3.05) is 26.2 Å². The molecule has 1 saturated heterocycles. The molecule has 1 aromatic heterocycles. The summed E-state index contributed by atoms with van der Waals surface area (Å²) >= 11 is 0. The summed E-state index contributed by atoms with van der Waals surface area (Å²) in [5.41, 5.74) is -0.199. The van der Waals surface area contributed by atoms with Gasteiger partial charge in [-0.3, -0.25) is 9.69 Å². The lowest BCUT2D eigenvalue weighted by molar-refractivity contribution is -0.140. The normalized spacial score (nSPS) is 15.5. The number of ether oxygens (including phenoxy) is 1. The number of aromatic nitrogens is 2. The number of alkyl halides is 3.